The van der Waals surface area contributed by atoms with Crippen molar-refractivity contribution in [3.8, 4) is 0 Å². The Kier molecular flexibility index (Phi) is 6.08. The summed E-state index contributed by atoms with van der Waals surface area (Å²) in [4.78, 5) is 8.38. The minimum Gasteiger partial charge on any atom is -0.396 e. The smallest absolute Gasteiger partial charge is 0.164 e. The van der Waals surface area contributed by atoms with E-state index in [0.717, 1.165) is 0 Å². The van der Waals surface area contributed by atoms with Gasteiger partial charge in [-0.15, -0.1) is 0 Å². The normalized spacial score (nSPS) is 27.2. The van der Waals surface area contributed by atoms with E-state index in [-0.39, 0.29) is 6.61 Å². The van der Waals surface area contributed by atoms with Gasteiger partial charge in [0.25, 0.3) is 0 Å². The number of rotatable bonds is 5. The first-order chi connectivity index (χ1) is 15.7. The van der Waals surface area contributed by atoms with E-state index in [0.29, 0.717) is 43.8 Å². The molecule has 2 aliphatic heterocycles. The molecule has 11 heteroatoms. The summed E-state index contributed by atoms with van der Waals surface area (Å²) in [6.07, 6.45) is -0.154. The average molecular weight is 515 g/mol. The number of benzene rings is 1. The van der Waals surface area contributed by atoms with E-state index >= 15 is 0 Å². The molecule has 5 atom stereocenters. The SMILES string of the molecule is CC1(C)O[C@@H]2[C@H](O1)C([C@H](O)c1cc(Cl)c(Cl)cc1CCO)O[C@H]2n1ccc2c(Cl)ncnc21. The summed E-state index contributed by atoms with van der Waals surface area (Å²) >= 11 is 18.6. The number of fused-ring (bicyclic) bond motifs is 2. The number of hydrogen-bond donors (Lipinski definition) is 2. The zero-order chi connectivity index (χ0) is 23.5. The molecule has 2 aromatic heterocycles. The third kappa shape index (κ3) is 4.02. The van der Waals surface area contributed by atoms with Crippen molar-refractivity contribution >= 4 is 45.8 Å². The minimum absolute atomic E-state index is 0.111. The number of hydrogen-bond acceptors (Lipinski definition) is 7. The largest absolute Gasteiger partial charge is 0.396 e. The van der Waals surface area contributed by atoms with Crippen LogP contribution in [-0.4, -0.2) is 55.5 Å². The number of nitrogens with zero attached hydrogens (tertiary/aromatic N) is 3. The molecule has 2 aliphatic rings. The first-order valence-corrected chi connectivity index (χ1v) is 11.6. The van der Waals surface area contributed by atoms with Crippen LogP contribution >= 0.6 is 34.8 Å². The van der Waals surface area contributed by atoms with Crippen LogP contribution in [0.15, 0.2) is 30.7 Å². The zero-order valence-electron chi connectivity index (χ0n) is 17.8. The van der Waals surface area contributed by atoms with Crippen LogP contribution < -0.4 is 0 Å². The number of aliphatic hydroxyl groups excluding tert-OH is 2. The third-order valence-corrected chi connectivity index (χ3v) is 7.02. The Morgan fingerprint density at radius 2 is 1.85 bits per heavy atom. The van der Waals surface area contributed by atoms with Crippen molar-refractivity contribution in [1.82, 2.24) is 14.5 Å². The second-order valence-electron chi connectivity index (χ2n) is 8.56. The highest BCUT2D eigenvalue weighted by Gasteiger charge is 2.58. The molecule has 0 amide bonds. The molecule has 3 aromatic rings. The second kappa shape index (κ2) is 8.62. The summed E-state index contributed by atoms with van der Waals surface area (Å²) < 4.78 is 20.5. The lowest BCUT2D eigenvalue weighted by Gasteiger charge is -2.28. The molecule has 0 saturated carbocycles. The van der Waals surface area contributed by atoms with E-state index in [1.165, 1.54) is 6.33 Å². The van der Waals surface area contributed by atoms with E-state index < -0.39 is 36.4 Å². The summed E-state index contributed by atoms with van der Waals surface area (Å²) in [5, 5.41) is 22.6. The van der Waals surface area contributed by atoms with Crippen molar-refractivity contribution in [2.75, 3.05) is 6.61 Å². The van der Waals surface area contributed by atoms with E-state index in [4.69, 9.17) is 49.0 Å². The van der Waals surface area contributed by atoms with Crippen LogP contribution in [0.25, 0.3) is 11.0 Å². The fraction of sp³-hybridized carbons (Fsp3) is 0.455. The minimum atomic E-state index is -1.11. The van der Waals surface area contributed by atoms with Gasteiger partial charge in [0.2, 0.25) is 0 Å². The molecule has 5 rings (SSSR count). The summed E-state index contributed by atoms with van der Waals surface area (Å²) in [7, 11) is 0. The van der Waals surface area contributed by atoms with E-state index in [1.54, 1.807) is 24.4 Å². The van der Waals surface area contributed by atoms with Gasteiger partial charge in [0.05, 0.1) is 15.4 Å². The molecule has 2 saturated heterocycles. The predicted molar refractivity (Wildman–Crippen MR) is 122 cm³/mol. The third-order valence-electron chi connectivity index (χ3n) is 5.99. The predicted octanol–water partition coefficient (Wildman–Crippen LogP) is 4.08. The van der Waals surface area contributed by atoms with Gasteiger partial charge in [-0.05, 0) is 49.6 Å². The number of halogens is 3. The molecule has 0 aliphatic carbocycles. The molecule has 2 fully saturated rings. The van der Waals surface area contributed by atoms with Gasteiger partial charge in [0, 0.05) is 12.8 Å². The quantitative estimate of drug-likeness (QED) is 0.495. The molecular weight excluding hydrogens is 493 g/mol. The topological polar surface area (TPSA) is 98.9 Å². The molecule has 2 N–H and O–H groups in total. The Bertz CT molecular complexity index is 1200. The van der Waals surface area contributed by atoms with Gasteiger partial charge in [-0.25, -0.2) is 9.97 Å². The van der Waals surface area contributed by atoms with Crippen molar-refractivity contribution in [1.29, 1.82) is 0 Å². The Hall–Kier alpha value is -1.49. The molecule has 1 unspecified atom stereocenters. The van der Waals surface area contributed by atoms with Gasteiger partial charge in [-0.3, -0.25) is 0 Å². The highest BCUT2D eigenvalue weighted by molar-refractivity contribution is 6.42. The number of aromatic nitrogens is 3. The fourth-order valence-corrected chi connectivity index (χ4v) is 5.17. The molecule has 0 spiro atoms. The highest BCUT2D eigenvalue weighted by atomic mass is 35.5. The maximum Gasteiger partial charge on any atom is 0.164 e. The van der Waals surface area contributed by atoms with Crippen LogP contribution in [0.3, 0.4) is 0 Å². The molecular formula is C22H22Cl3N3O5. The Morgan fingerprint density at radius 1 is 1.12 bits per heavy atom. The van der Waals surface area contributed by atoms with Crippen molar-refractivity contribution in [2.45, 2.75) is 56.7 Å². The highest BCUT2D eigenvalue weighted by Crippen LogP contribution is 2.48. The van der Waals surface area contributed by atoms with Gasteiger partial charge in [-0.2, -0.15) is 0 Å². The van der Waals surface area contributed by atoms with Crippen LogP contribution in [0, 0.1) is 0 Å². The molecule has 0 radical (unpaired) electrons. The molecule has 4 heterocycles. The fourth-order valence-electron chi connectivity index (χ4n) is 4.62. The lowest BCUT2D eigenvalue weighted by Crippen LogP contribution is -2.34. The summed E-state index contributed by atoms with van der Waals surface area (Å²) in [5.41, 5.74) is 1.77. The number of ether oxygens (including phenoxy) is 3. The zero-order valence-corrected chi connectivity index (χ0v) is 20.1. The van der Waals surface area contributed by atoms with E-state index in [9.17, 15) is 10.2 Å². The van der Waals surface area contributed by atoms with Gasteiger partial charge < -0.3 is 29.0 Å². The average Bonchev–Trinajstić information content (AvgIpc) is 3.41. The molecule has 0 bridgehead atoms. The Morgan fingerprint density at radius 3 is 2.61 bits per heavy atom. The molecule has 8 nitrogen and oxygen atoms in total. The number of aliphatic hydroxyl groups is 2. The van der Waals surface area contributed by atoms with Crippen LogP contribution in [0.2, 0.25) is 15.2 Å². The van der Waals surface area contributed by atoms with Crippen LogP contribution in [0.5, 0.6) is 0 Å². The van der Waals surface area contributed by atoms with Crippen molar-refractivity contribution < 1.29 is 24.4 Å². The second-order valence-corrected chi connectivity index (χ2v) is 9.74. The maximum absolute atomic E-state index is 11.4. The maximum atomic E-state index is 11.4. The van der Waals surface area contributed by atoms with Crippen molar-refractivity contribution in [2.24, 2.45) is 0 Å². The van der Waals surface area contributed by atoms with E-state index in [2.05, 4.69) is 9.97 Å². The van der Waals surface area contributed by atoms with Gasteiger partial charge in [0.1, 0.15) is 41.5 Å². The van der Waals surface area contributed by atoms with Crippen molar-refractivity contribution in [3.05, 3.63) is 57.0 Å². The van der Waals surface area contributed by atoms with Gasteiger partial charge in [0.15, 0.2) is 12.0 Å². The lowest BCUT2D eigenvalue weighted by molar-refractivity contribution is -0.207. The Balaban J connectivity index is 1.55. The monoisotopic (exact) mass is 513 g/mol. The standard InChI is InChI=1S/C22H22Cl3N3O5/c1-22(2)32-17-16(15(30)12-8-14(24)13(23)7-10(12)4-6-29)31-21(18(17)33-22)28-5-3-11-19(25)26-9-27-20(11)28/h3,5,7-9,15-18,21,29-30H,4,6H2,1-2H3/t15-,16?,17-,18-,21-/m1/s1. The summed E-state index contributed by atoms with van der Waals surface area (Å²) in [5.74, 6) is -0.878. The first kappa shape index (κ1) is 23.3. The summed E-state index contributed by atoms with van der Waals surface area (Å²) in [6, 6.07) is 5.06. The van der Waals surface area contributed by atoms with Gasteiger partial charge >= 0.3 is 0 Å². The lowest BCUT2D eigenvalue weighted by atomic mass is 9.94. The van der Waals surface area contributed by atoms with Crippen molar-refractivity contribution in [3.63, 3.8) is 0 Å². The van der Waals surface area contributed by atoms with E-state index in [1.807, 2.05) is 18.4 Å². The van der Waals surface area contributed by atoms with Crippen LogP contribution in [-0.2, 0) is 20.6 Å². The van der Waals surface area contributed by atoms with Crippen LogP contribution in [0.1, 0.15) is 37.3 Å². The van der Waals surface area contributed by atoms with Gasteiger partial charge in [-0.1, -0.05) is 34.8 Å². The Labute approximate surface area is 205 Å². The summed E-state index contributed by atoms with van der Waals surface area (Å²) in [6.45, 7) is 3.52. The molecule has 176 valence electrons. The first-order valence-electron chi connectivity index (χ1n) is 10.4. The van der Waals surface area contributed by atoms with Crippen LogP contribution in [0.4, 0.5) is 0 Å². The molecule has 1 aromatic carbocycles. The molecule has 33 heavy (non-hydrogen) atoms.